The minimum Gasteiger partial charge on any atom is -0.497 e. The zero-order valence-electron chi connectivity index (χ0n) is 20.7. The number of thiazole rings is 1. The molecule has 0 fully saturated rings. The van der Waals surface area contributed by atoms with E-state index in [1.54, 1.807) is 39.2 Å². The van der Waals surface area contributed by atoms with Crippen molar-refractivity contribution in [2.75, 3.05) is 33.6 Å². The quantitative estimate of drug-likeness (QED) is 0.541. The van der Waals surface area contributed by atoms with Gasteiger partial charge in [0, 0.05) is 31.6 Å². The fraction of sp³-hybridized carbons (Fsp3) is 0.308. The predicted octanol–water partition coefficient (Wildman–Crippen LogP) is 4.02. The third-order valence-electron chi connectivity index (χ3n) is 5.79. The maximum atomic E-state index is 13.5. The first-order valence-electron chi connectivity index (χ1n) is 11.0. The van der Waals surface area contributed by atoms with Crippen molar-refractivity contribution in [2.45, 2.75) is 25.8 Å². The summed E-state index contributed by atoms with van der Waals surface area (Å²) in [4.78, 5) is 44.6. The summed E-state index contributed by atoms with van der Waals surface area (Å²) in [5.74, 6) is -0.131. The highest BCUT2D eigenvalue weighted by Gasteiger charge is 2.42. The second kappa shape index (κ2) is 11.1. The Balaban J connectivity index is 0.000000623. The van der Waals surface area contributed by atoms with Crippen LogP contribution in [0.5, 0.6) is 5.75 Å². The molecule has 0 saturated carbocycles. The molecule has 2 unspecified atom stereocenters. The summed E-state index contributed by atoms with van der Waals surface area (Å²) in [6.07, 6.45) is 0.750. The molecule has 1 aliphatic rings. The summed E-state index contributed by atoms with van der Waals surface area (Å²) in [5, 5.41) is 3.55. The number of anilines is 1. The zero-order chi connectivity index (χ0) is 25.7. The van der Waals surface area contributed by atoms with Crippen molar-refractivity contribution < 1.29 is 19.1 Å². The van der Waals surface area contributed by atoms with Gasteiger partial charge in [-0.2, -0.15) is 0 Å². The molecule has 3 amide bonds. The van der Waals surface area contributed by atoms with Crippen molar-refractivity contribution in [3.05, 3.63) is 75.8 Å². The van der Waals surface area contributed by atoms with E-state index in [9.17, 15) is 14.4 Å². The number of fused-ring (bicyclic) bond motifs is 1. The van der Waals surface area contributed by atoms with Crippen LogP contribution in [0.4, 0.5) is 5.13 Å². The number of carbonyl (C=O) groups is 3. The van der Waals surface area contributed by atoms with Gasteiger partial charge in [-0.05, 0) is 43.2 Å². The van der Waals surface area contributed by atoms with Crippen molar-refractivity contribution in [3.8, 4) is 5.75 Å². The normalized spacial score (nSPS) is 16.5. The number of nitrogens with one attached hydrogen (secondary N) is 1. The van der Waals surface area contributed by atoms with Crippen molar-refractivity contribution in [1.29, 1.82) is 0 Å². The number of hydrogen-bond acceptors (Lipinski definition) is 6. The molecule has 4 rings (SSSR count). The van der Waals surface area contributed by atoms with Crippen LogP contribution >= 0.6 is 11.3 Å². The average molecular weight is 495 g/mol. The number of hydrogen-bond donors (Lipinski definition) is 1. The molecule has 184 valence electrons. The van der Waals surface area contributed by atoms with Gasteiger partial charge in [-0.15, -0.1) is 11.3 Å². The summed E-state index contributed by atoms with van der Waals surface area (Å²) in [6, 6.07) is 14.4. The fourth-order valence-corrected chi connectivity index (χ4v) is 4.70. The van der Waals surface area contributed by atoms with E-state index >= 15 is 0 Å². The summed E-state index contributed by atoms with van der Waals surface area (Å²) in [5.41, 5.74) is 3.05. The molecule has 1 N–H and O–H groups in total. The highest BCUT2D eigenvalue weighted by atomic mass is 32.1. The lowest BCUT2D eigenvalue weighted by Gasteiger charge is -2.39. The maximum absolute atomic E-state index is 13.5. The van der Waals surface area contributed by atoms with E-state index in [0.29, 0.717) is 10.7 Å². The molecule has 1 aliphatic heterocycles. The van der Waals surface area contributed by atoms with Crippen molar-refractivity contribution >= 4 is 34.7 Å². The number of rotatable bonds is 5. The molecular formula is C26H30N4O4S. The molecule has 0 aliphatic carbocycles. The van der Waals surface area contributed by atoms with Crippen LogP contribution in [0.3, 0.4) is 0 Å². The Labute approximate surface area is 209 Å². The van der Waals surface area contributed by atoms with Gasteiger partial charge in [-0.25, -0.2) is 4.98 Å². The highest BCUT2D eigenvalue weighted by Crippen LogP contribution is 2.43. The van der Waals surface area contributed by atoms with Gasteiger partial charge in [0.2, 0.25) is 12.3 Å². The molecule has 35 heavy (non-hydrogen) atoms. The monoisotopic (exact) mass is 494 g/mol. The zero-order valence-corrected chi connectivity index (χ0v) is 21.6. The van der Waals surface area contributed by atoms with E-state index in [4.69, 9.17) is 4.74 Å². The molecule has 0 bridgehead atoms. The van der Waals surface area contributed by atoms with E-state index in [0.717, 1.165) is 33.9 Å². The number of aryl methyl sites for hydroxylation is 2. The van der Waals surface area contributed by atoms with Crippen LogP contribution in [0.15, 0.2) is 48.5 Å². The first-order chi connectivity index (χ1) is 16.7. The summed E-state index contributed by atoms with van der Waals surface area (Å²) < 4.78 is 5.26. The number of benzene rings is 2. The highest BCUT2D eigenvalue weighted by molar-refractivity contribution is 7.15. The van der Waals surface area contributed by atoms with Crippen LogP contribution in [-0.2, 0) is 9.59 Å². The van der Waals surface area contributed by atoms with Crippen LogP contribution < -0.4 is 10.1 Å². The van der Waals surface area contributed by atoms with Crippen LogP contribution in [0, 0.1) is 13.8 Å². The molecule has 2 heterocycles. The SMILES string of the molecule is CN(C)C=O.COc1ccc(C2C(C(=O)Nc3nc(C)c(C)s3)c3ccccc3C(=O)N2C)cc1. The van der Waals surface area contributed by atoms with E-state index in [1.807, 2.05) is 56.3 Å². The van der Waals surface area contributed by atoms with Gasteiger partial charge in [0.25, 0.3) is 5.91 Å². The van der Waals surface area contributed by atoms with Crippen LogP contribution in [0.1, 0.15) is 44.0 Å². The van der Waals surface area contributed by atoms with Gasteiger partial charge in [-0.1, -0.05) is 30.3 Å². The Morgan fingerprint density at radius 2 is 1.77 bits per heavy atom. The first-order valence-corrected chi connectivity index (χ1v) is 11.9. The molecule has 2 atom stereocenters. The Bertz CT molecular complexity index is 1190. The summed E-state index contributed by atoms with van der Waals surface area (Å²) in [6.45, 7) is 3.90. The average Bonchev–Trinajstić information content (AvgIpc) is 3.17. The Morgan fingerprint density at radius 1 is 1.14 bits per heavy atom. The third-order valence-corrected chi connectivity index (χ3v) is 6.78. The number of methoxy groups -OCH3 is 1. The first kappa shape index (κ1) is 25.9. The molecule has 8 nitrogen and oxygen atoms in total. The topological polar surface area (TPSA) is 91.8 Å². The molecule has 0 spiro atoms. The molecule has 0 saturated heterocycles. The third kappa shape index (κ3) is 5.68. The number of aromatic nitrogens is 1. The van der Waals surface area contributed by atoms with Gasteiger partial charge >= 0.3 is 0 Å². The lowest BCUT2D eigenvalue weighted by Crippen LogP contribution is -2.44. The van der Waals surface area contributed by atoms with Crippen LogP contribution in [0.2, 0.25) is 0 Å². The molecule has 0 radical (unpaired) electrons. The standard InChI is InChI=1S/C23H23N3O3S.C3H7NO/c1-13-14(2)30-23(24-13)25-21(27)19-17-7-5-6-8-18(17)22(28)26(3)20(19)15-9-11-16(29-4)12-10-15;1-4(2)3-5/h5-12,19-20H,1-4H3,(H,24,25,27);3H,1-2H3. The number of carbonyl (C=O) groups excluding carboxylic acids is 3. The van der Waals surface area contributed by atoms with Gasteiger partial charge in [0.15, 0.2) is 5.13 Å². The number of nitrogens with zero attached hydrogens (tertiary/aromatic N) is 3. The second-order valence-electron chi connectivity index (χ2n) is 8.42. The number of amides is 3. The predicted molar refractivity (Wildman–Crippen MR) is 137 cm³/mol. The maximum Gasteiger partial charge on any atom is 0.254 e. The van der Waals surface area contributed by atoms with Crippen molar-refractivity contribution in [2.24, 2.45) is 0 Å². The minimum absolute atomic E-state index is 0.101. The lowest BCUT2D eigenvalue weighted by atomic mass is 9.79. The Kier molecular flexibility index (Phi) is 8.24. The van der Waals surface area contributed by atoms with Gasteiger partial charge < -0.3 is 19.9 Å². The summed E-state index contributed by atoms with van der Waals surface area (Å²) >= 11 is 1.45. The summed E-state index contributed by atoms with van der Waals surface area (Å²) in [7, 11) is 6.72. The van der Waals surface area contributed by atoms with E-state index in [1.165, 1.54) is 16.2 Å². The van der Waals surface area contributed by atoms with Gasteiger partial charge in [-0.3, -0.25) is 14.4 Å². The largest absolute Gasteiger partial charge is 0.497 e. The van der Waals surface area contributed by atoms with Crippen LogP contribution in [0.25, 0.3) is 0 Å². The molecule has 3 aromatic rings. The van der Waals surface area contributed by atoms with Crippen LogP contribution in [-0.4, -0.2) is 61.3 Å². The van der Waals surface area contributed by atoms with E-state index in [-0.39, 0.29) is 11.8 Å². The smallest absolute Gasteiger partial charge is 0.254 e. The van der Waals surface area contributed by atoms with Gasteiger partial charge in [0.1, 0.15) is 5.75 Å². The lowest BCUT2D eigenvalue weighted by molar-refractivity contribution is -0.119. The van der Waals surface area contributed by atoms with Gasteiger partial charge in [0.05, 0.1) is 24.8 Å². The molecule has 9 heteroatoms. The fourth-order valence-electron chi connectivity index (χ4n) is 3.88. The second-order valence-corrected chi connectivity index (χ2v) is 9.62. The Morgan fingerprint density at radius 3 is 2.31 bits per heavy atom. The molecule has 1 aromatic heterocycles. The van der Waals surface area contributed by atoms with E-state index < -0.39 is 12.0 Å². The van der Waals surface area contributed by atoms with Crippen molar-refractivity contribution in [1.82, 2.24) is 14.8 Å². The number of ether oxygens (including phenoxy) is 1. The Hall–Kier alpha value is -3.72. The molecular weight excluding hydrogens is 464 g/mol. The van der Waals surface area contributed by atoms with Crippen molar-refractivity contribution in [3.63, 3.8) is 0 Å². The van der Waals surface area contributed by atoms with E-state index in [2.05, 4.69) is 10.3 Å². The number of likely N-dealkylation sites (N-methyl/N-ethyl adjacent to an activating group) is 1. The minimum atomic E-state index is -0.568. The molecule has 2 aromatic carbocycles.